The molecule has 0 N–H and O–H groups in total. The minimum absolute atomic E-state index is 0.156. The van der Waals surface area contributed by atoms with Crippen LogP contribution in [-0.4, -0.2) is 12.9 Å². The maximum absolute atomic E-state index is 12.1. The number of Topliss-reactive ketones (excluding diaryl/α,β-unsaturated/α-hetero) is 1. The number of hydrogen-bond acceptors (Lipinski definition) is 3. The van der Waals surface area contributed by atoms with Crippen LogP contribution in [0.15, 0.2) is 35.0 Å². The van der Waals surface area contributed by atoms with Crippen LogP contribution in [0.4, 0.5) is 0 Å². The van der Waals surface area contributed by atoms with E-state index in [-0.39, 0.29) is 5.78 Å². The van der Waals surface area contributed by atoms with E-state index in [1.54, 1.807) is 18.4 Å². The van der Waals surface area contributed by atoms with E-state index >= 15 is 0 Å². The van der Waals surface area contributed by atoms with Crippen molar-refractivity contribution in [2.45, 2.75) is 13.3 Å². The third-order valence-electron chi connectivity index (χ3n) is 2.68. The average Bonchev–Trinajstić information content (AvgIpc) is 2.81. The molecule has 0 bridgehead atoms. The Hall–Kier alpha value is -1.61. The van der Waals surface area contributed by atoms with Gasteiger partial charge in [-0.25, -0.2) is 0 Å². The standard InChI is InChI=1S/C14H14O2S/c1-10-7-12(16-2)3-4-13(10)14(15)8-11-5-6-17-9-11/h3-7,9H,8H2,1-2H3. The van der Waals surface area contributed by atoms with Crippen molar-refractivity contribution in [2.24, 2.45) is 0 Å². The van der Waals surface area contributed by atoms with Crippen LogP contribution in [0.3, 0.4) is 0 Å². The molecule has 0 fully saturated rings. The summed E-state index contributed by atoms with van der Waals surface area (Å²) in [4.78, 5) is 12.1. The number of hydrogen-bond donors (Lipinski definition) is 0. The van der Waals surface area contributed by atoms with Crippen LogP contribution in [0.25, 0.3) is 0 Å². The summed E-state index contributed by atoms with van der Waals surface area (Å²) in [5.41, 5.74) is 2.82. The zero-order chi connectivity index (χ0) is 12.3. The van der Waals surface area contributed by atoms with Gasteiger partial charge in [-0.05, 0) is 53.1 Å². The van der Waals surface area contributed by atoms with Crippen molar-refractivity contribution in [3.63, 3.8) is 0 Å². The number of methoxy groups -OCH3 is 1. The molecule has 1 aromatic carbocycles. The van der Waals surface area contributed by atoms with Gasteiger partial charge < -0.3 is 4.74 Å². The number of carbonyl (C=O) groups is 1. The van der Waals surface area contributed by atoms with Crippen molar-refractivity contribution in [3.05, 3.63) is 51.7 Å². The Bertz CT molecular complexity index is 515. The highest BCUT2D eigenvalue weighted by Gasteiger charge is 2.10. The lowest BCUT2D eigenvalue weighted by atomic mass is 10.0. The summed E-state index contributed by atoms with van der Waals surface area (Å²) in [5.74, 6) is 0.943. The number of thiophene rings is 1. The summed E-state index contributed by atoms with van der Waals surface area (Å²) >= 11 is 1.61. The van der Waals surface area contributed by atoms with Crippen molar-refractivity contribution < 1.29 is 9.53 Å². The van der Waals surface area contributed by atoms with Gasteiger partial charge in [-0.3, -0.25) is 4.79 Å². The van der Waals surface area contributed by atoms with Crippen molar-refractivity contribution in [2.75, 3.05) is 7.11 Å². The first kappa shape index (κ1) is 11.9. The highest BCUT2D eigenvalue weighted by molar-refractivity contribution is 7.08. The number of aryl methyl sites for hydroxylation is 1. The monoisotopic (exact) mass is 246 g/mol. The quantitative estimate of drug-likeness (QED) is 0.772. The first-order valence-electron chi connectivity index (χ1n) is 5.39. The second kappa shape index (κ2) is 5.15. The minimum atomic E-state index is 0.156. The summed E-state index contributed by atoms with van der Waals surface area (Å²) in [5, 5.41) is 4.00. The molecule has 0 radical (unpaired) electrons. The zero-order valence-corrected chi connectivity index (χ0v) is 10.7. The third-order valence-corrected chi connectivity index (χ3v) is 3.41. The van der Waals surface area contributed by atoms with E-state index < -0.39 is 0 Å². The van der Waals surface area contributed by atoms with Gasteiger partial charge in [-0.2, -0.15) is 11.3 Å². The fourth-order valence-corrected chi connectivity index (χ4v) is 2.42. The molecule has 0 amide bonds. The van der Waals surface area contributed by atoms with Gasteiger partial charge in [0.05, 0.1) is 7.11 Å². The summed E-state index contributed by atoms with van der Waals surface area (Å²) < 4.78 is 5.13. The lowest BCUT2D eigenvalue weighted by Crippen LogP contribution is -2.05. The van der Waals surface area contributed by atoms with Crippen LogP contribution in [0.5, 0.6) is 5.75 Å². The van der Waals surface area contributed by atoms with Crippen molar-refractivity contribution >= 4 is 17.1 Å². The maximum Gasteiger partial charge on any atom is 0.167 e. The second-order valence-corrected chi connectivity index (χ2v) is 4.69. The largest absolute Gasteiger partial charge is 0.497 e. The van der Waals surface area contributed by atoms with Crippen molar-refractivity contribution in [3.8, 4) is 5.75 Å². The van der Waals surface area contributed by atoms with Gasteiger partial charge in [0.25, 0.3) is 0 Å². The first-order chi connectivity index (χ1) is 8.20. The van der Waals surface area contributed by atoms with Crippen LogP contribution in [0, 0.1) is 6.92 Å². The fraction of sp³-hybridized carbons (Fsp3) is 0.214. The van der Waals surface area contributed by atoms with E-state index in [9.17, 15) is 4.79 Å². The maximum atomic E-state index is 12.1. The first-order valence-corrected chi connectivity index (χ1v) is 6.34. The normalized spacial score (nSPS) is 10.2. The van der Waals surface area contributed by atoms with E-state index in [1.807, 2.05) is 41.9 Å². The Balaban J connectivity index is 2.19. The van der Waals surface area contributed by atoms with Gasteiger partial charge in [0.2, 0.25) is 0 Å². The lowest BCUT2D eigenvalue weighted by Gasteiger charge is -2.06. The molecule has 3 heteroatoms. The van der Waals surface area contributed by atoms with Crippen molar-refractivity contribution in [1.29, 1.82) is 0 Å². The van der Waals surface area contributed by atoms with Gasteiger partial charge in [0.1, 0.15) is 5.75 Å². The molecular formula is C14H14O2S. The highest BCUT2D eigenvalue weighted by Crippen LogP contribution is 2.19. The molecule has 17 heavy (non-hydrogen) atoms. The average molecular weight is 246 g/mol. The molecule has 0 saturated heterocycles. The fourth-order valence-electron chi connectivity index (χ4n) is 1.75. The Morgan fingerprint density at radius 2 is 2.18 bits per heavy atom. The molecule has 0 atom stereocenters. The predicted octanol–water partition coefficient (Wildman–Crippen LogP) is 3.49. The van der Waals surface area contributed by atoms with E-state index in [1.165, 1.54) is 0 Å². The van der Waals surface area contributed by atoms with Gasteiger partial charge in [0.15, 0.2) is 5.78 Å². The molecule has 2 rings (SSSR count). The molecule has 0 aliphatic heterocycles. The Labute approximate surface area is 105 Å². The number of rotatable bonds is 4. The molecule has 2 nitrogen and oxygen atoms in total. The number of benzene rings is 1. The molecule has 2 aromatic rings. The summed E-state index contributed by atoms with van der Waals surface area (Å²) in [6, 6.07) is 7.54. The van der Waals surface area contributed by atoms with Crippen molar-refractivity contribution in [1.82, 2.24) is 0 Å². The number of carbonyl (C=O) groups excluding carboxylic acids is 1. The predicted molar refractivity (Wildman–Crippen MR) is 70.1 cm³/mol. The highest BCUT2D eigenvalue weighted by atomic mass is 32.1. The molecule has 1 heterocycles. The third kappa shape index (κ3) is 2.74. The van der Waals surface area contributed by atoms with E-state index in [4.69, 9.17) is 4.74 Å². The minimum Gasteiger partial charge on any atom is -0.497 e. The summed E-state index contributed by atoms with van der Waals surface area (Å²) in [7, 11) is 1.63. The van der Waals surface area contributed by atoms with E-state index in [0.717, 1.165) is 22.4 Å². The van der Waals surface area contributed by atoms with Crippen LogP contribution >= 0.6 is 11.3 Å². The molecule has 0 unspecified atom stereocenters. The number of ether oxygens (including phenoxy) is 1. The molecule has 0 spiro atoms. The zero-order valence-electron chi connectivity index (χ0n) is 9.90. The molecular weight excluding hydrogens is 232 g/mol. The second-order valence-electron chi connectivity index (χ2n) is 3.91. The Kier molecular flexibility index (Phi) is 3.59. The molecule has 0 aliphatic rings. The smallest absolute Gasteiger partial charge is 0.167 e. The van der Waals surface area contributed by atoms with Gasteiger partial charge in [-0.1, -0.05) is 0 Å². The number of ketones is 1. The van der Waals surface area contributed by atoms with Crippen LogP contribution in [0.1, 0.15) is 21.5 Å². The Morgan fingerprint density at radius 3 is 2.76 bits per heavy atom. The van der Waals surface area contributed by atoms with E-state index in [2.05, 4.69) is 0 Å². The Morgan fingerprint density at radius 1 is 1.35 bits per heavy atom. The topological polar surface area (TPSA) is 26.3 Å². The van der Waals surface area contributed by atoms with Gasteiger partial charge in [0, 0.05) is 12.0 Å². The lowest BCUT2D eigenvalue weighted by molar-refractivity contribution is 0.0992. The molecule has 0 saturated carbocycles. The molecule has 0 aliphatic carbocycles. The van der Waals surface area contributed by atoms with E-state index in [0.29, 0.717) is 6.42 Å². The summed E-state index contributed by atoms with van der Waals surface area (Å²) in [6.07, 6.45) is 0.469. The van der Waals surface area contributed by atoms with Crippen LogP contribution in [0.2, 0.25) is 0 Å². The van der Waals surface area contributed by atoms with Gasteiger partial charge >= 0.3 is 0 Å². The SMILES string of the molecule is COc1ccc(C(=O)Cc2ccsc2)c(C)c1. The van der Waals surface area contributed by atoms with Crippen LogP contribution in [-0.2, 0) is 6.42 Å². The van der Waals surface area contributed by atoms with Gasteiger partial charge in [-0.15, -0.1) is 0 Å². The molecule has 88 valence electrons. The summed E-state index contributed by atoms with van der Waals surface area (Å²) in [6.45, 7) is 1.93. The molecule has 1 aromatic heterocycles. The van der Waals surface area contributed by atoms with Crippen LogP contribution < -0.4 is 4.74 Å².